The molecule has 1 aromatic heterocycles. The lowest BCUT2D eigenvalue weighted by Crippen LogP contribution is -2.12. The van der Waals surface area contributed by atoms with Crippen molar-refractivity contribution in [3.05, 3.63) is 71.2 Å². The molecule has 144 valence electrons. The second kappa shape index (κ2) is 9.71. The Morgan fingerprint density at radius 3 is 2.61 bits per heavy atom. The van der Waals surface area contributed by atoms with E-state index in [2.05, 4.69) is 37.9 Å². The number of halogens is 1. The maximum atomic E-state index is 12.1. The summed E-state index contributed by atoms with van der Waals surface area (Å²) < 4.78 is 2.84. The molecular weight excluding hydrogens is 436 g/mol. The van der Waals surface area contributed by atoms with E-state index in [1.54, 1.807) is 6.08 Å². The van der Waals surface area contributed by atoms with Crippen LogP contribution in [-0.2, 0) is 11.3 Å². The van der Waals surface area contributed by atoms with Gasteiger partial charge in [0, 0.05) is 27.9 Å². The monoisotopic (exact) mass is 456 g/mol. The van der Waals surface area contributed by atoms with Gasteiger partial charge in [-0.3, -0.25) is 4.79 Å². The van der Waals surface area contributed by atoms with Crippen molar-refractivity contribution in [2.24, 2.45) is 0 Å². The van der Waals surface area contributed by atoms with Gasteiger partial charge >= 0.3 is 0 Å². The molecule has 0 aliphatic carbocycles. The lowest BCUT2D eigenvalue weighted by atomic mass is 10.2. The fraction of sp³-hybridized carbons (Fsp3) is 0.190. The standard InChI is InChI=1S/C21H21BrN4OS/c1-3-13-26-20(16-6-8-17(22)9-7-16)24-21(25-26)28-14-12-19(27)23-18-10-4-15(2)5-11-18/h3-11H,1,12-14H2,2H3,(H,23,27). The van der Waals surface area contributed by atoms with E-state index in [1.165, 1.54) is 11.8 Å². The number of aromatic nitrogens is 3. The van der Waals surface area contributed by atoms with Crippen molar-refractivity contribution in [3.8, 4) is 11.4 Å². The molecule has 0 atom stereocenters. The van der Waals surface area contributed by atoms with Crippen molar-refractivity contribution >= 4 is 39.3 Å². The number of nitrogens with one attached hydrogen (secondary N) is 1. The summed E-state index contributed by atoms with van der Waals surface area (Å²) in [6.07, 6.45) is 2.18. The first kappa shape index (κ1) is 20.4. The van der Waals surface area contributed by atoms with Crippen molar-refractivity contribution in [1.82, 2.24) is 14.8 Å². The van der Waals surface area contributed by atoms with Gasteiger partial charge in [0.25, 0.3) is 0 Å². The Morgan fingerprint density at radius 1 is 1.21 bits per heavy atom. The molecule has 7 heteroatoms. The maximum absolute atomic E-state index is 12.1. The summed E-state index contributed by atoms with van der Waals surface area (Å²) in [5.74, 6) is 1.38. The molecule has 0 radical (unpaired) electrons. The van der Waals surface area contributed by atoms with Crippen LogP contribution < -0.4 is 5.32 Å². The fourth-order valence-corrected chi connectivity index (χ4v) is 3.58. The number of amides is 1. The molecule has 28 heavy (non-hydrogen) atoms. The van der Waals surface area contributed by atoms with Gasteiger partial charge in [-0.15, -0.1) is 11.7 Å². The lowest BCUT2D eigenvalue weighted by molar-refractivity contribution is -0.115. The van der Waals surface area contributed by atoms with Crippen LogP contribution in [0, 0.1) is 6.92 Å². The molecule has 0 unspecified atom stereocenters. The zero-order valence-electron chi connectivity index (χ0n) is 15.6. The van der Waals surface area contributed by atoms with Crippen molar-refractivity contribution in [2.75, 3.05) is 11.1 Å². The Bertz CT molecular complexity index is 952. The predicted octanol–water partition coefficient (Wildman–Crippen LogP) is 5.32. The topological polar surface area (TPSA) is 59.8 Å². The number of nitrogens with zero attached hydrogens (tertiary/aromatic N) is 3. The van der Waals surface area contributed by atoms with Crippen molar-refractivity contribution in [1.29, 1.82) is 0 Å². The van der Waals surface area contributed by atoms with Gasteiger partial charge in [-0.1, -0.05) is 63.6 Å². The van der Waals surface area contributed by atoms with Gasteiger partial charge in [0.05, 0.1) is 6.54 Å². The Labute approximate surface area is 177 Å². The maximum Gasteiger partial charge on any atom is 0.225 e. The van der Waals surface area contributed by atoms with E-state index in [-0.39, 0.29) is 5.91 Å². The Balaban J connectivity index is 1.60. The first-order valence-electron chi connectivity index (χ1n) is 8.86. The smallest absolute Gasteiger partial charge is 0.225 e. The molecule has 3 rings (SSSR count). The van der Waals surface area contributed by atoms with E-state index in [4.69, 9.17) is 0 Å². The van der Waals surface area contributed by atoms with Crippen LogP contribution in [-0.4, -0.2) is 26.4 Å². The summed E-state index contributed by atoms with van der Waals surface area (Å²) in [6, 6.07) is 15.7. The Morgan fingerprint density at radius 2 is 1.93 bits per heavy atom. The Kier molecular flexibility index (Phi) is 7.06. The quantitative estimate of drug-likeness (QED) is 0.367. The molecule has 0 fully saturated rings. The molecule has 1 heterocycles. The molecule has 0 saturated carbocycles. The van der Waals surface area contributed by atoms with E-state index in [0.29, 0.717) is 23.9 Å². The summed E-state index contributed by atoms with van der Waals surface area (Å²) in [5, 5.41) is 8.11. The van der Waals surface area contributed by atoms with Crippen LogP contribution in [0.2, 0.25) is 0 Å². The van der Waals surface area contributed by atoms with Gasteiger partial charge in [0.1, 0.15) is 0 Å². The second-order valence-corrected chi connectivity index (χ2v) is 8.19. The minimum absolute atomic E-state index is 0.0185. The van der Waals surface area contributed by atoms with Crippen molar-refractivity contribution in [3.63, 3.8) is 0 Å². The molecule has 2 aromatic carbocycles. The second-order valence-electron chi connectivity index (χ2n) is 6.21. The summed E-state index contributed by atoms with van der Waals surface area (Å²) in [7, 11) is 0. The number of carbonyl (C=O) groups excluding carboxylic acids is 1. The third kappa shape index (κ3) is 5.56. The normalized spacial score (nSPS) is 10.6. The fourth-order valence-electron chi connectivity index (χ4n) is 2.54. The number of hydrogen-bond acceptors (Lipinski definition) is 4. The third-order valence-corrected chi connectivity index (χ3v) is 5.32. The van der Waals surface area contributed by atoms with Gasteiger partial charge < -0.3 is 5.32 Å². The average molecular weight is 457 g/mol. The zero-order chi connectivity index (χ0) is 19.9. The highest BCUT2D eigenvalue weighted by molar-refractivity contribution is 9.10. The first-order chi connectivity index (χ1) is 13.5. The highest BCUT2D eigenvalue weighted by atomic mass is 79.9. The number of anilines is 1. The van der Waals surface area contributed by atoms with E-state index >= 15 is 0 Å². The number of allylic oxidation sites excluding steroid dienone is 1. The van der Waals surface area contributed by atoms with E-state index in [0.717, 1.165) is 27.1 Å². The van der Waals surface area contributed by atoms with Crippen LogP contribution in [0.1, 0.15) is 12.0 Å². The van der Waals surface area contributed by atoms with Gasteiger partial charge in [-0.05, 0) is 31.2 Å². The van der Waals surface area contributed by atoms with Crippen LogP contribution in [0.3, 0.4) is 0 Å². The van der Waals surface area contributed by atoms with Crippen LogP contribution in [0.5, 0.6) is 0 Å². The minimum atomic E-state index is -0.0185. The van der Waals surface area contributed by atoms with E-state index < -0.39 is 0 Å². The summed E-state index contributed by atoms with van der Waals surface area (Å²) >= 11 is 4.92. The van der Waals surface area contributed by atoms with Gasteiger partial charge in [0.2, 0.25) is 11.1 Å². The predicted molar refractivity (Wildman–Crippen MR) is 119 cm³/mol. The molecular formula is C21H21BrN4OS. The largest absolute Gasteiger partial charge is 0.326 e. The first-order valence-corrected chi connectivity index (χ1v) is 10.6. The molecule has 3 aromatic rings. The molecule has 0 spiro atoms. The highest BCUT2D eigenvalue weighted by Crippen LogP contribution is 2.24. The van der Waals surface area contributed by atoms with Gasteiger partial charge in [-0.25, -0.2) is 9.67 Å². The van der Waals surface area contributed by atoms with Crippen LogP contribution in [0.4, 0.5) is 5.69 Å². The highest BCUT2D eigenvalue weighted by Gasteiger charge is 2.12. The van der Waals surface area contributed by atoms with Gasteiger partial charge in [-0.2, -0.15) is 0 Å². The molecule has 5 nitrogen and oxygen atoms in total. The number of thioether (sulfide) groups is 1. The Hall–Kier alpha value is -2.38. The van der Waals surface area contributed by atoms with E-state index in [9.17, 15) is 4.79 Å². The minimum Gasteiger partial charge on any atom is -0.326 e. The van der Waals surface area contributed by atoms with Gasteiger partial charge in [0.15, 0.2) is 5.82 Å². The molecule has 0 aliphatic heterocycles. The SMILES string of the molecule is C=CCn1nc(SCCC(=O)Nc2ccc(C)cc2)nc1-c1ccc(Br)cc1. The zero-order valence-corrected chi connectivity index (χ0v) is 18.0. The number of rotatable bonds is 8. The number of benzene rings is 2. The molecule has 0 bridgehead atoms. The van der Waals surface area contributed by atoms with Crippen LogP contribution >= 0.6 is 27.7 Å². The molecule has 0 aliphatic rings. The molecule has 0 saturated heterocycles. The van der Waals surface area contributed by atoms with Crippen LogP contribution in [0.15, 0.2) is 70.8 Å². The molecule has 1 N–H and O–H groups in total. The van der Waals surface area contributed by atoms with Crippen molar-refractivity contribution < 1.29 is 4.79 Å². The third-order valence-electron chi connectivity index (χ3n) is 3.95. The number of carbonyl (C=O) groups is 1. The number of hydrogen-bond donors (Lipinski definition) is 1. The number of aryl methyl sites for hydroxylation is 1. The average Bonchev–Trinajstić information content (AvgIpc) is 3.07. The van der Waals surface area contributed by atoms with Crippen LogP contribution in [0.25, 0.3) is 11.4 Å². The molecule has 1 amide bonds. The van der Waals surface area contributed by atoms with E-state index in [1.807, 2.05) is 60.1 Å². The van der Waals surface area contributed by atoms with Crippen molar-refractivity contribution in [2.45, 2.75) is 25.0 Å². The summed E-state index contributed by atoms with van der Waals surface area (Å²) in [4.78, 5) is 16.8. The summed E-state index contributed by atoms with van der Waals surface area (Å²) in [5.41, 5.74) is 2.96. The summed E-state index contributed by atoms with van der Waals surface area (Å²) in [6.45, 7) is 6.38. The lowest BCUT2D eigenvalue weighted by Gasteiger charge is -2.04.